The van der Waals surface area contributed by atoms with Gasteiger partial charge in [0, 0.05) is 24.3 Å². The fourth-order valence-corrected chi connectivity index (χ4v) is 5.98. The number of likely N-dealkylation sites (tertiary alicyclic amines) is 1. The molecule has 0 spiro atoms. The second-order valence-corrected chi connectivity index (χ2v) is 11.1. The Kier molecular flexibility index (Phi) is 8.80. The zero-order chi connectivity index (χ0) is 28.7. The average molecular weight is 565 g/mol. The van der Waals surface area contributed by atoms with E-state index in [9.17, 15) is 9.18 Å². The Morgan fingerprint density at radius 2 is 1.52 bits per heavy atom. The van der Waals surface area contributed by atoms with Crippen molar-refractivity contribution in [3.05, 3.63) is 125 Å². The van der Waals surface area contributed by atoms with Crippen LogP contribution in [0.5, 0.6) is 11.5 Å². The minimum Gasteiger partial charge on any atom is -0.492 e. The second kappa shape index (κ2) is 13.2. The summed E-state index contributed by atoms with van der Waals surface area (Å²) in [7, 11) is 0. The highest BCUT2D eigenvalue weighted by Crippen LogP contribution is 2.38. The van der Waals surface area contributed by atoms with E-state index in [4.69, 9.17) is 9.47 Å². The van der Waals surface area contributed by atoms with Gasteiger partial charge in [-0.15, -0.1) is 0 Å². The number of hydrogen-bond acceptors (Lipinski definition) is 5. The minimum atomic E-state index is -0.534. The molecule has 42 heavy (non-hydrogen) atoms. The molecule has 2 aliphatic rings. The number of anilines is 1. The topological polar surface area (TPSA) is 42.0 Å². The molecule has 6 rings (SSSR count). The molecule has 0 radical (unpaired) electrons. The average Bonchev–Trinajstić information content (AvgIpc) is 3.04. The van der Waals surface area contributed by atoms with E-state index in [2.05, 4.69) is 15.9 Å². The van der Waals surface area contributed by atoms with Crippen LogP contribution in [0.2, 0.25) is 0 Å². The number of ketones is 1. The van der Waals surface area contributed by atoms with Crippen LogP contribution in [0.1, 0.15) is 52.4 Å². The number of piperidine rings is 1. The summed E-state index contributed by atoms with van der Waals surface area (Å²) in [5.41, 5.74) is 4.58. The molecule has 0 aliphatic carbocycles. The Morgan fingerprint density at radius 1 is 0.786 bits per heavy atom. The lowest BCUT2D eigenvalue weighted by Crippen LogP contribution is -2.40. The van der Waals surface area contributed by atoms with Crippen molar-refractivity contribution in [3.63, 3.8) is 0 Å². The molecule has 2 aliphatic heterocycles. The van der Waals surface area contributed by atoms with Crippen LogP contribution < -0.4 is 14.4 Å². The highest BCUT2D eigenvalue weighted by atomic mass is 19.1. The summed E-state index contributed by atoms with van der Waals surface area (Å²) in [6.45, 7) is 4.96. The molecule has 6 heteroatoms. The van der Waals surface area contributed by atoms with E-state index in [-0.39, 0.29) is 11.6 Å². The van der Waals surface area contributed by atoms with E-state index < -0.39 is 6.04 Å². The SMILES string of the molecule is O=C(c1ccc(OCCN2CCCCC2)cc1)C1c2ccc(OCc3ccccc3)cc2CCN1c1ccc(F)cc1. The van der Waals surface area contributed by atoms with Crippen LogP contribution in [-0.2, 0) is 13.0 Å². The van der Waals surface area contributed by atoms with Crippen molar-refractivity contribution in [3.8, 4) is 11.5 Å². The molecule has 1 atom stereocenters. The van der Waals surface area contributed by atoms with E-state index in [1.165, 1.54) is 31.4 Å². The van der Waals surface area contributed by atoms with Crippen LogP contribution in [-0.4, -0.2) is 43.5 Å². The van der Waals surface area contributed by atoms with E-state index >= 15 is 0 Å². The largest absolute Gasteiger partial charge is 0.492 e. The van der Waals surface area contributed by atoms with Crippen molar-refractivity contribution in [1.82, 2.24) is 4.90 Å². The van der Waals surface area contributed by atoms with Crippen molar-refractivity contribution in [1.29, 1.82) is 0 Å². The molecule has 5 nitrogen and oxygen atoms in total. The normalized spacial score (nSPS) is 17.0. The summed E-state index contributed by atoms with van der Waals surface area (Å²) < 4.78 is 25.9. The summed E-state index contributed by atoms with van der Waals surface area (Å²) in [6.07, 6.45) is 4.60. The van der Waals surface area contributed by atoms with Gasteiger partial charge in [0.25, 0.3) is 0 Å². The van der Waals surface area contributed by atoms with E-state index in [0.29, 0.717) is 25.3 Å². The van der Waals surface area contributed by atoms with Crippen LogP contribution in [0.3, 0.4) is 0 Å². The van der Waals surface area contributed by atoms with E-state index in [1.54, 1.807) is 12.1 Å². The van der Waals surface area contributed by atoms with Gasteiger partial charge in [0.2, 0.25) is 0 Å². The summed E-state index contributed by atoms with van der Waals surface area (Å²) in [4.78, 5) is 18.7. The van der Waals surface area contributed by atoms with Crippen LogP contribution >= 0.6 is 0 Å². The van der Waals surface area contributed by atoms with Crippen molar-refractivity contribution in [2.45, 2.75) is 38.3 Å². The van der Waals surface area contributed by atoms with Gasteiger partial charge in [-0.05, 0) is 110 Å². The Balaban J connectivity index is 1.20. The van der Waals surface area contributed by atoms with Gasteiger partial charge in [-0.2, -0.15) is 0 Å². The van der Waals surface area contributed by atoms with Crippen molar-refractivity contribution < 1.29 is 18.7 Å². The van der Waals surface area contributed by atoms with Gasteiger partial charge in [-0.3, -0.25) is 9.69 Å². The van der Waals surface area contributed by atoms with Crippen LogP contribution in [0.4, 0.5) is 10.1 Å². The van der Waals surface area contributed by atoms with Gasteiger partial charge in [0.1, 0.15) is 36.6 Å². The van der Waals surface area contributed by atoms with Gasteiger partial charge in [-0.1, -0.05) is 42.8 Å². The molecular weight excluding hydrogens is 527 g/mol. The first-order chi connectivity index (χ1) is 20.6. The van der Waals surface area contributed by atoms with Gasteiger partial charge in [-0.25, -0.2) is 4.39 Å². The van der Waals surface area contributed by atoms with E-state index in [1.807, 2.05) is 66.7 Å². The zero-order valence-electron chi connectivity index (χ0n) is 23.9. The molecule has 0 bridgehead atoms. The van der Waals surface area contributed by atoms with Gasteiger partial charge in [0.05, 0.1) is 0 Å². The summed E-state index contributed by atoms with van der Waals surface area (Å²) in [5, 5.41) is 0. The third-order valence-electron chi connectivity index (χ3n) is 8.26. The highest BCUT2D eigenvalue weighted by molar-refractivity contribution is 6.03. The first kappa shape index (κ1) is 28.0. The molecule has 216 valence electrons. The van der Waals surface area contributed by atoms with Crippen LogP contribution in [0, 0.1) is 5.82 Å². The van der Waals surface area contributed by atoms with Crippen molar-refractivity contribution in [2.24, 2.45) is 0 Å². The molecule has 1 saturated heterocycles. The molecule has 0 saturated carbocycles. The number of carbonyl (C=O) groups is 1. The number of benzene rings is 4. The quantitative estimate of drug-likeness (QED) is 0.190. The first-order valence-electron chi connectivity index (χ1n) is 15.0. The summed E-state index contributed by atoms with van der Waals surface area (Å²) in [5.74, 6) is 1.25. The minimum absolute atomic E-state index is 0.00176. The molecule has 1 unspecified atom stereocenters. The fourth-order valence-electron chi connectivity index (χ4n) is 5.98. The maximum absolute atomic E-state index is 14.1. The Morgan fingerprint density at radius 3 is 2.29 bits per heavy atom. The molecule has 1 fully saturated rings. The monoisotopic (exact) mass is 564 g/mol. The Labute approximate surface area is 247 Å². The molecular formula is C36H37FN2O3. The number of fused-ring (bicyclic) bond motifs is 1. The van der Waals surface area contributed by atoms with Crippen LogP contribution in [0.25, 0.3) is 0 Å². The van der Waals surface area contributed by atoms with Crippen molar-refractivity contribution >= 4 is 11.5 Å². The number of nitrogens with zero attached hydrogens (tertiary/aromatic N) is 2. The van der Waals surface area contributed by atoms with Crippen LogP contribution in [0.15, 0.2) is 97.1 Å². The predicted octanol–water partition coefficient (Wildman–Crippen LogP) is 7.26. The van der Waals surface area contributed by atoms with Gasteiger partial charge < -0.3 is 14.4 Å². The second-order valence-electron chi connectivity index (χ2n) is 11.1. The lowest BCUT2D eigenvalue weighted by atomic mass is 9.87. The predicted molar refractivity (Wildman–Crippen MR) is 164 cm³/mol. The number of hydrogen-bond donors (Lipinski definition) is 0. The smallest absolute Gasteiger partial charge is 0.189 e. The number of ether oxygens (including phenoxy) is 2. The van der Waals surface area contributed by atoms with E-state index in [0.717, 1.165) is 59.9 Å². The maximum atomic E-state index is 14.1. The standard InChI is InChI=1S/C36H37FN2O3/c37-30-11-13-31(14-12-30)39-22-19-29-25-33(42-26-27-7-3-1-4-8-27)17-18-34(29)35(39)36(40)28-9-15-32(16-10-28)41-24-23-38-20-5-2-6-21-38/h1,3-4,7-18,25,35H,2,5-6,19-24,26H2. The van der Waals surface area contributed by atoms with Crippen molar-refractivity contribution in [2.75, 3.05) is 37.7 Å². The summed E-state index contributed by atoms with van der Waals surface area (Å²) in [6, 6.07) is 29.4. The zero-order valence-corrected chi connectivity index (χ0v) is 23.9. The summed E-state index contributed by atoms with van der Waals surface area (Å²) >= 11 is 0. The first-order valence-corrected chi connectivity index (χ1v) is 15.0. The molecule has 4 aromatic carbocycles. The maximum Gasteiger partial charge on any atom is 0.189 e. The fraction of sp³-hybridized carbons (Fsp3) is 0.306. The number of rotatable bonds is 10. The Bertz CT molecular complexity index is 1470. The lowest BCUT2D eigenvalue weighted by molar-refractivity contribution is 0.0954. The molecule has 0 aromatic heterocycles. The van der Waals surface area contributed by atoms with Gasteiger partial charge >= 0.3 is 0 Å². The third kappa shape index (κ3) is 6.66. The number of carbonyl (C=O) groups excluding carboxylic acids is 1. The highest BCUT2D eigenvalue weighted by Gasteiger charge is 2.34. The molecule has 0 amide bonds. The lowest BCUT2D eigenvalue weighted by Gasteiger charge is -2.38. The Hall–Kier alpha value is -4.16. The molecule has 4 aromatic rings. The number of halogens is 1. The third-order valence-corrected chi connectivity index (χ3v) is 8.26. The molecule has 0 N–H and O–H groups in total. The molecule has 2 heterocycles. The number of Topliss-reactive ketones (excluding diaryl/α,β-unsaturated/α-hetero) is 1. The van der Waals surface area contributed by atoms with Gasteiger partial charge in [0.15, 0.2) is 5.78 Å².